The Morgan fingerprint density at radius 3 is 2.90 bits per heavy atom. The van der Waals surface area contributed by atoms with Gasteiger partial charge < -0.3 is 10.1 Å². The van der Waals surface area contributed by atoms with E-state index in [0.717, 1.165) is 22.9 Å². The lowest BCUT2D eigenvalue weighted by Gasteiger charge is -2.12. The first-order chi connectivity index (χ1) is 10.0. The van der Waals surface area contributed by atoms with Crippen molar-refractivity contribution in [3.8, 4) is 5.75 Å². The quantitative estimate of drug-likeness (QED) is 0.866. The second-order valence-electron chi connectivity index (χ2n) is 4.61. The number of anilines is 1. The summed E-state index contributed by atoms with van der Waals surface area (Å²) in [5.74, 6) is 1.06. The van der Waals surface area contributed by atoms with Crippen LogP contribution in [0.3, 0.4) is 0 Å². The summed E-state index contributed by atoms with van der Waals surface area (Å²) < 4.78 is 6.18. The largest absolute Gasteiger partial charge is 0.495 e. The molecular formula is C14H17BrN4O2. The van der Waals surface area contributed by atoms with Gasteiger partial charge in [-0.15, -0.1) is 5.10 Å². The van der Waals surface area contributed by atoms with Crippen LogP contribution < -0.4 is 10.1 Å². The van der Waals surface area contributed by atoms with Crippen LogP contribution >= 0.6 is 15.9 Å². The SMILES string of the molecule is CCCc1nc(C(=O)Nc2c(C)cc(Br)cc2OC)n[nH]1. The second-order valence-corrected chi connectivity index (χ2v) is 5.53. The molecule has 2 N–H and O–H groups in total. The Hall–Kier alpha value is -1.89. The summed E-state index contributed by atoms with van der Waals surface area (Å²) >= 11 is 3.40. The molecule has 0 aliphatic rings. The number of halogens is 1. The van der Waals surface area contributed by atoms with Crippen LogP contribution in [-0.2, 0) is 6.42 Å². The molecule has 0 saturated carbocycles. The van der Waals surface area contributed by atoms with Gasteiger partial charge in [-0.3, -0.25) is 9.89 Å². The van der Waals surface area contributed by atoms with E-state index in [1.54, 1.807) is 13.2 Å². The highest BCUT2D eigenvalue weighted by Crippen LogP contribution is 2.32. The number of carbonyl (C=O) groups is 1. The summed E-state index contributed by atoms with van der Waals surface area (Å²) in [5, 5.41) is 9.50. The standard InChI is InChI=1S/C14H17BrN4O2/c1-4-5-11-16-13(19-18-11)14(20)17-12-8(2)6-9(15)7-10(12)21-3/h6-7H,4-5H2,1-3H3,(H,17,20)(H,16,18,19). The van der Waals surface area contributed by atoms with Gasteiger partial charge in [-0.2, -0.15) is 0 Å². The molecule has 2 rings (SSSR count). The number of nitrogens with one attached hydrogen (secondary N) is 2. The fraction of sp³-hybridized carbons (Fsp3) is 0.357. The number of carbonyl (C=O) groups excluding carboxylic acids is 1. The highest BCUT2D eigenvalue weighted by molar-refractivity contribution is 9.10. The van der Waals surface area contributed by atoms with Crippen LogP contribution in [0.15, 0.2) is 16.6 Å². The molecule has 0 atom stereocenters. The van der Waals surface area contributed by atoms with E-state index in [9.17, 15) is 4.79 Å². The molecular weight excluding hydrogens is 336 g/mol. The van der Waals surface area contributed by atoms with Crippen molar-refractivity contribution in [1.29, 1.82) is 0 Å². The Balaban J connectivity index is 2.22. The average molecular weight is 353 g/mol. The van der Waals surface area contributed by atoms with Crippen molar-refractivity contribution in [3.05, 3.63) is 33.8 Å². The molecule has 7 heteroatoms. The molecule has 0 unspecified atom stereocenters. The Morgan fingerprint density at radius 1 is 1.48 bits per heavy atom. The number of ether oxygens (including phenoxy) is 1. The normalized spacial score (nSPS) is 10.5. The molecule has 0 spiro atoms. The zero-order valence-electron chi connectivity index (χ0n) is 12.2. The number of methoxy groups -OCH3 is 1. The first-order valence-corrected chi connectivity index (χ1v) is 7.41. The van der Waals surface area contributed by atoms with Crippen molar-refractivity contribution in [2.75, 3.05) is 12.4 Å². The van der Waals surface area contributed by atoms with Gasteiger partial charge in [-0.1, -0.05) is 22.9 Å². The molecule has 21 heavy (non-hydrogen) atoms. The van der Waals surface area contributed by atoms with E-state index >= 15 is 0 Å². The van der Waals surface area contributed by atoms with Crippen molar-refractivity contribution in [2.24, 2.45) is 0 Å². The van der Waals surface area contributed by atoms with Crippen LogP contribution in [-0.4, -0.2) is 28.2 Å². The number of hydrogen-bond donors (Lipinski definition) is 2. The zero-order valence-corrected chi connectivity index (χ0v) is 13.7. The van der Waals surface area contributed by atoms with Gasteiger partial charge in [-0.25, -0.2) is 4.98 Å². The minimum Gasteiger partial charge on any atom is -0.495 e. The number of nitrogens with zero attached hydrogens (tertiary/aromatic N) is 2. The highest BCUT2D eigenvalue weighted by Gasteiger charge is 2.16. The highest BCUT2D eigenvalue weighted by atomic mass is 79.9. The molecule has 1 heterocycles. The van der Waals surface area contributed by atoms with Gasteiger partial charge in [-0.05, 0) is 31.0 Å². The zero-order chi connectivity index (χ0) is 15.4. The number of benzene rings is 1. The van der Waals surface area contributed by atoms with Crippen molar-refractivity contribution < 1.29 is 9.53 Å². The van der Waals surface area contributed by atoms with Crippen LogP contribution in [0.4, 0.5) is 5.69 Å². The van der Waals surface area contributed by atoms with E-state index in [4.69, 9.17) is 4.74 Å². The summed E-state index contributed by atoms with van der Waals surface area (Å²) in [7, 11) is 1.56. The number of aromatic amines is 1. The summed E-state index contributed by atoms with van der Waals surface area (Å²) in [5.41, 5.74) is 1.51. The molecule has 0 aliphatic heterocycles. The summed E-state index contributed by atoms with van der Waals surface area (Å²) in [6.45, 7) is 3.93. The lowest BCUT2D eigenvalue weighted by molar-refractivity contribution is 0.101. The molecule has 0 saturated heterocycles. The summed E-state index contributed by atoms with van der Waals surface area (Å²) in [6.07, 6.45) is 1.71. The maximum atomic E-state index is 12.2. The van der Waals surface area contributed by atoms with Crippen molar-refractivity contribution in [1.82, 2.24) is 15.2 Å². The number of aryl methyl sites for hydroxylation is 2. The number of hydrogen-bond acceptors (Lipinski definition) is 4. The van der Waals surface area contributed by atoms with Gasteiger partial charge in [0.15, 0.2) is 0 Å². The minimum absolute atomic E-state index is 0.128. The number of rotatable bonds is 5. The van der Waals surface area contributed by atoms with Gasteiger partial charge in [0.2, 0.25) is 5.82 Å². The van der Waals surface area contributed by atoms with E-state index in [1.165, 1.54) is 0 Å². The number of aromatic nitrogens is 3. The van der Waals surface area contributed by atoms with Gasteiger partial charge in [0, 0.05) is 10.9 Å². The number of amides is 1. The van der Waals surface area contributed by atoms with Gasteiger partial charge >= 0.3 is 0 Å². The smallest absolute Gasteiger partial charge is 0.295 e. The van der Waals surface area contributed by atoms with Crippen molar-refractivity contribution >= 4 is 27.5 Å². The molecule has 6 nitrogen and oxygen atoms in total. The fourth-order valence-corrected chi connectivity index (χ4v) is 2.50. The Labute approximate surface area is 131 Å². The van der Waals surface area contributed by atoms with E-state index in [1.807, 2.05) is 19.9 Å². The average Bonchev–Trinajstić information content (AvgIpc) is 2.90. The molecule has 0 fully saturated rings. The monoisotopic (exact) mass is 352 g/mol. The predicted octanol–water partition coefficient (Wildman–Crippen LogP) is 3.09. The molecule has 1 amide bonds. The minimum atomic E-state index is -0.364. The second kappa shape index (κ2) is 6.71. The van der Waals surface area contributed by atoms with Crippen LogP contribution in [0.2, 0.25) is 0 Å². The summed E-state index contributed by atoms with van der Waals surface area (Å²) in [4.78, 5) is 16.4. The van der Waals surface area contributed by atoms with Crippen molar-refractivity contribution in [3.63, 3.8) is 0 Å². The van der Waals surface area contributed by atoms with E-state index in [0.29, 0.717) is 17.3 Å². The first kappa shape index (κ1) is 15.5. The van der Waals surface area contributed by atoms with E-state index < -0.39 is 0 Å². The molecule has 1 aromatic carbocycles. The molecule has 0 radical (unpaired) electrons. The van der Waals surface area contributed by atoms with Gasteiger partial charge in [0.05, 0.1) is 12.8 Å². The fourth-order valence-electron chi connectivity index (χ4n) is 1.95. The first-order valence-electron chi connectivity index (χ1n) is 6.62. The van der Waals surface area contributed by atoms with Crippen molar-refractivity contribution in [2.45, 2.75) is 26.7 Å². The van der Waals surface area contributed by atoms with Crippen LogP contribution in [0, 0.1) is 6.92 Å². The Kier molecular flexibility index (Phi) is 4.95. The summed E-state index contributed by atoms with van der Waals surface area (Å²) in [6, 6.07) is 3.70. The lowest BCUT2D eigenvalue weighted by atomic mass is 10.2. The Morgan fingerprint density at radius 2 is 2.24 bits per heavy atom. The van der Waals surface area contributed by atoms with Crippen LogP contribution in [0.5, 0.6) is 5.75 Å². The molecule has 1 aromatic heterocycles. The third-order valence-corrected chi connectivity index (χ3v) is 3.40. The van der Waals surface area contributed by atoms with Gasteiger partial charge in [0.1, 0.15) is 11.6 Å². The maximum absolute atomic E-state index is 12.2. The predicted molar refractivity (Wildman–Crippen MR) is 83.8 cm³/mol. The Bertz CT molecular complexity index is 654. The van der Waals surface area contributed by atoms with Crippen LogP contribution in [0.25, 0.3) is 0 Å². The lowest BCUT2D eigenvalue weighted by Crippen LogP contribution is -2.15. The van der Waals surface area contributed by atoms with E-state index in [-0.39, 0.29) is 11.7 Å². The molecule has 2 aromatic rings. The topological polar surface area (TPSA) is 79.9 Å². The van der Waals surface area contributed by atoms with Gasteiger partial charge in [0.25, 0.3) is 5.91 Å². The third-order valence-electron chi connectivity index (χ3n) is 2.94. The maximum Gasteiger partial charge on any atom is 0.295 e. The van der Waals surface area contributed by atoms with Crippen LogP contribution in [0.1, 0.15) is 35.4 Å². The van der Waals surface area contributed by atoms with E-state index in [2.05, 4.69) is 36.4 Å². The molecule has 112 valence electrons. The molecule has 0 aliphatic carbocycles. The number of H-pyrrole nitrogens is 1. The third kappa shape index (κ3) is 3.60. The molecule has 0 bridgehead atoms.